The molecule has 1 aliphatic rings. The molecule has 0 bridgehead atoms. The molecule has 2 atom stereocenters. The minimum atomic E-state index is 0.520. The first-order chi connectivity index (χ1) is 6.27. The van der Waals surface area contributed by atoms with Crippen molar-refractivity contribution in [3.8, 4) is 0 Å². The molecule has 3 nitrogen and oxygen atoms in total. The molecule has 0 saturated heterocycles. The molecule has 0 amide bonds. The van der Waals surface area contributed by atoms with E-state index in [1.807, 2.05) is 4.57 Å². The van der Waals surface area contributed by atoms with Gasteiger partial charge in [-0.05, 0) is 30.4 Å². The van der Waals surface area contributed by atoms with Crippen LogP contribution in [0.3, 0.4) is 0 Å². The van der Waals surface area contributed by atoms with E-state index in [1.54, 1.807) is 6.33 Å². The molecule has 2 unspecified atom stereocenters. The second-order valence-electron chi connectivity index (χ2n) is 3.93. The summed E-state index contributed by atoms with van der Waals surface area (Å²) in [6.45, 7) is 2.30. The Hall–Kier alpha value is -0.570. The average Bonchev–Trinajstić information content (AvgIpc) is 2.51. The summed E-state index contributed by atoms with van der Waals surface area (Å²) in [5.41, 5.74) is 0. The summed E-state index contributed by atoms with van der Waals surface area (Å²) in [6, 6.07) is 0.520. The molecule has 0 spiro atoms. The SMILES string of the molecule is CC1CCCC(n2cnnc2Cl)C1. The van der Waals surface area contributed by atoms with Crippen LogP contribution in [0.25, 0.3) is 0 Å². The van der Waals surface area contributed by atoms with Crippen LogP contribution in [0.2, 0.25) is 5.28 Å². The first kappa shape index (κ1) is 9.00. The van der Waals surface area contributed by atoms with Gasteiger partial charge in [0.2, 0.25) is 5.28 Å². The molecule has 1 heterocycles. The van der Waals surface area contributed by atoms with E-state index in [0.717, 1.165) is 5.92 Å². The molecule has 0 radical (unpaired) electrons. The lowest BCUT2D eigenvalue weighted by molar-refractivity contribution is 0.282. The smallest absolute Gasteiger partial charge is 0.225 e. The fourth-order valence-corrected chi connectivity index (χ4v) is 2.35. The van der Waals surface area contributed by atoms with Gasteiger partial charge in [-0.25, -0.2) is 0 Å². The van der Waals surface area contributed by atoms with Crippen molar-refractivity contribution < 1.29 is 0 Å². The van der Waals surface area contributed by atoms with Gasteiger partial charge in [0.1, 0.15) is 6.33 Å². The third-order valence-corrected chi connectivity index (χ3v) is 3.10. The van der Waals surface area contributed by atoms with Gasteiger partial charge in [0.15, 0.2) is 0 Å². The van der Waals surface area contributed by atoms with Crippen molar-refractivity contribution in [3.63, 3.8) is 0 Å². The molecule has 1 aromatic heterocycles. The lowest BCUT2D eigenvalue weighted by atomic mass is 9.87. The predicted molar refractivity (Wildman–Crippen MR) is 51.7 cm³/mol. The van der Waals surface area contributed by atoms with Crippen molar-refractivity contribution in [1.29, 1.82) is 0 Å². The summed E-state index contributed by atoms with van der Waals surface area (Å²) in [6.07, 6.45) is 6.79. The number of halogens is 1. The van der Waals surface area contributed by atoms with Crippen LogP contribution in [0, 0.1) is 5.92 Å². The van der Waals surface area contributed by atoms with Crippen LogP contribution in [-0.4, -0.2) is 14.8 Å². The zero-order valence-electron chi connectivity index (χ0n) is 7.78. The Kier molecular flexibility index (Phi) is 2.54. The molecule has 4 heteroatoms. The van der Waals surface area contributed by atoms with Gasteiger partial charge in [-0.3, -0.25) is 0 Å². The summed E-state index contributed by atoms with van der Waals surface area (Å²) < 4.78 is 2.00. The van der Waals surface area contributed by atoms with E-state index in [-0.39, 0.29) is 0 Å². The van der Waals surface area contributed by atoms with Gasteiger partial charge in [-0.1, -0.05) is 19.8 Å². The van der Waals surface area contributed by atoms with Crippen molar-refractivity contribution in [2.24, 2.45) is 5.92 Å². The second-order valence-corrected chi connectivity index (χ2v) is 4.27. The van der Waals surface area contributed by atoms with E-state index in [0.29, 0.717) is 11.3 Å². The quantitative estimate of drug-likeness (QED) is 0.696. The van der Waals surface area contributed by atoms with Crippen molar-refractivity contribution in [2.75, 3.05) is 0 Å². The second kappa shape index (κ2) is 3.66. The molecule has 1 saturated carbocycles. The van der Waals surface area contributed by atoms with Gasteiger partial charge in [0.05, 0.1) is 0 Å². The Labute approximate surface area is 83.1 Å². The summed E-state index contributed by atoms with van der Waals surface area (Å²) in [4.78, 5) is 0. The van der Waals surface area contributed by atoms with E-state index >= 15 is 0 Å². The van der Waals surface area contributed by atoms with Crippen LogP contribution in [0.4, 0.5) is 0 Å². The Bertz CT molecular complexity index is 284. The molecular weight excluding hydrogens is 186 g/mol. The van der Waals surface area contributed by atoms with Crippen LogP contribution in [0.5, 0.6) is 0 Å². The fourth-order valence-electron chi connectivity index (χ4n) is 2.13. The third-order valence-electron chi connectivity index (χ3n) is 2.83. The Morgan fingerprint density at radius 1 is 1.54 bits per heavy atom. The van der Waals surface area contributed by atoms with Gasteiger partial charge in [0.25, 0.3) is 0 Å². The standard InChI is InChI=1S/C9H14ClN3/c1-7-3-2-4-8(5-7)13-6-11-12-9(13)10/h6-8H,2-5H2,1H3. The van der Waals surface area contributed by atoms with Crippen molar-refractivity contribution >= 4 is 11.6 Å². The van der Waals surface area contributed by atoms with Crippen LogP contribution in [0.1, 0.15) is 38.6 Å². The van der Waals surface area contributed by atoms with E-state index in [4.69, 9.17) is 11.6 Å². The third kappa shape index (κ3) is 1.85. The van der Waals surface area contributed by atoms with E-state index < -0.39 is 0 Å². The van der Waals surface area contributed by atoms with Crippen LogP contribution in [0.15, 0.2) is 6.33 Å². The fraction of sp³-hybridized carbons (Fsp3) is 0.778. The topological polar surface area (TPSA) is 30.7 Å². The maximum atomic E-state index is 5.91. The monoisotopic (exact) mass is 199 g/mol. The number of aromatic nitrogens is 3. The Morgan fingerprint density at radius 2 is 2.38 bits per heavy atom. The number of nitrogens with zero attached hydrogens (tertiary/aromatic N) is 3. The number of hydrogen-bond donors (Lipinski definition) is 0. The van der Waals surface area contributed by atoms with Gasteiger partial charge >= 0.3 is 0 Å². The first-order valence-electron chi connectivity index (χ1n) is 4.82. The minimum Gasteiger partial charge on any atom is -0.301 e. The van der Waals surface area contributed by atoms with E-state index in [1.165, 1.54) is 25.7 Å². The Balaban J connectivity index is 2.12. The molecule has 1 fully saturated rings. The maximum absolute atomic E-state index is 5.91. The lowest BCUT2D eigenvalue weighted by Crippen LogP contribution is -2.17. The maximum Gasteiger partial charge on any atom is 0.225 e. The number of hydrogen-bond acceptors (Lipinski definition) is 2. The predicted octanol–water partition coefficient (Wildman–Crippen LogP) is 2.68. The highest BCUT2D eigenvalue weighted by Crippen LogP contribution is 2.33. The molecule has 1 aromatic rings. The molecule has 72 valence electrons. The zero-order valence-corrected chi connectivity index (χ0v) is 8.54. The van der Waals surface area contributed by atoms with Crippen molar-refractivity contribution in [3.05, 3.63) is 11.6 Å². The van der Waals surface area contributed by atoms with Gasteiger partial charge in [0, 0.05) is 6.04 Å². The van der Waals surface area contributed by atoms with Gasteiger partial charge in [-0.15, -0.1) is 10.2 Å². The Morgan fingerprint density at radius 3 is 3.00 bits per heavy atom. The molecule has 1 aliphatic carbocycles. The summed E-state index contributed by atoms with van der Waals surface area (Å²) in [7, 11) is 0. The van der Waals surface area contributed by atoms with Crippen LogP contribution in [-0.2, 0) is 0 Å². The molecule has 2 rings (SSSR count). The van der Waals surface area contributed by atoms with Gasteiger partial charge < -0.3 is 4.57 Å². The normalized spacial score (nSPS) is 29.1. The largest absolute Gasteiger partial charge is 0.301 e. The molecule has 13 heavy (non-hydrogen) atoms. The van der Waals surface area contributed by atoms with Crippen LogP contribution < -0.4 is 0 Å². The minimum absolute atomic E-state index is 0.520. The van der Waals surface area contributed by atoms with Crippen LogP contribution >= 0.6 is 11.6 Å². The molecule has 0 aromatic carbocycles. The average molecular weight is 200 g/mol. The lowest BCUT2D eigenvalue weighted by Gasteiger charge is -2.27. The van der Waals surface area contributed by atoms with E-state index in [2.05, 4.69) is 17.1 Å². The summed E-state index contributed by atoms with van der Waals surface area (Å²) in [5, 5.41) is 8.13. The van der Waals surface area contributed by atoms with Crippen molar-refractivity contribution in [2.45, 2.75) is 38.6 Å². The van der Waals surface area contributed by atoms with Gasteiger partial charge in [-0.2, -0.15) is 0 Å². The molecule has 0 aliphatic heterocycles. The van der Waals surface area contributed by atoms with Crippen molar-refractivity contribution in [1.82, 2.24) is 14.8 Å². The highest BCUT2D eigenvalue weighted by molar-refractivity contribution is 6.28. The highest BCUT2D eigenvalue weighted by atomic mass is 35.5. The highest BCUT2D eigenvalue weighted by Gasteiger charge is 2.21. The zero-order chi connectivity index (χ0) is 9.26. The molecule has 0 N–H and O–H groups in total. The summed E-state index contributed by atoms with van der Waals surface area (Å²) in [5.74, 6) is 0.803. The summed E-state index contributed by atoms with van der Waals surface area (Å²) >= 11 is 5.91. The molecular formula is C9H14ClN3. The first-order valence-corrected chi connectivity index (χ1v) is 5.20. The number of rotatable bonds is 1. The van der Waals surface area contributed by atoms with E-state index in [9.17, 15) is 0 Å².